The molecule has 4 rings (SSSR count). The van der Waals surface area contributed by atoms with Crippen molar-refractivity contribution in [2.45, 2.75) is 9.79 Å². The fraction of sp³-hybridized carbons (Fsp3) is 0. The van der Waals surface area contributed by atoms with Crippen LogP contribution in [0.25, 0.3) is 21.8 Å². The van der Waals surface area contributed by atoms with Crippen molar-refractivity contribution < 1.29 is 4.73 Å². The minimum atomic E-state index is 0.516. The zero-order chi connectivity index (χ0) is 16.5. The standard InChI is InChI=1S/C20H12N2OS/c21-13-18-16-8-4-5-9-19(16)22(23)20-11-10-15(12-17(18)20)24-14-6-2-1-3-7-14/h1-12H. The van der Waals surface area contributed by atoms with E-state index in [9.17, 15) is 10.5 Å². The molecule has 24 heavy (non-hydrogen) atoms. The van der Waals surface area contributed by atoms with Crippen molar-refractivity contribution in [2.75, 3.05) is 0 Å². The van der Waals surface area contributed by atoms with E-state index in [4.69, 9.17) is 0 Å². The maximum Gasteiger partial charge on any atom is 0.225 e. The van der Waals surface area contributed by atoms with E-state index in [0.717, 1.165) is 14.5 Å². The van der Waals surface area contributed by atoms with Crippen LogP contribution in [-0.4, -0.2) is 0 Å². The van der Waals surface area contributed by atoms with Gasteiger partial charge in [-0.15, -0.1) is 0 Å². The summed E-state index contributed by atoms with van der Waals surface area (Å²) in [6.45, 7) is 0. The first-order chi connectivity index (χ1) is 11.8. The number of benzene rings is 3. The van der Waals surface area contributed by atoms with Crippen molar-refractivity contribution in [3.05, 3.63) is 83.6 Å². The normalized spacial score (nSPS) is 10.8. The van der Waals surface area contributed by atoms with Gasteiger partial charge < -0.3 is 5.21 Å². The maximum atomic E-state index is 12.6. The van der Waals surface area contributed by atoms with Gasteiger partial charge in [-0.3, -0.25) is 0 Å². The Hall–Kier alpha value is -3.03. The molecule has 4 aromatic rings. The summed E-state index contributed by atoms with van der Waals surface area (Å²) in [6, 6.07) is 25.2. The average molecular weight is 328 g/mol. The van der Waals surface area contributed by atoms with Crippen LogP contribution in [0.3, 0.4) is 0 Å². The van der Waals surface area contributed by atoms with Gasteiger partial charge in [-0.25, -0.2) is 0 Å². The molecular weight excluding hydrogens is 316 g/mol. The van der Waals surface area contributed by atoms with Gasteiger partial charge in [-0.2, -0.15) is 9.99 Å². The molecule has 0 aliphatic carbocycles. The number of para-hydroxylation sites is 1. The van der Waals surface area contributed by atoms with Crippen LogP contribution in [0.4, 0.5) is 0 Å². The molecule has 3 nitrogen and oxygen atoms in total. The molecule has 0 amide bonds. The monoisotopic (exact) mass is 328 g/mol. The lowest BCUT2D eigenvalue weighted by Crippen LogP contribution is -2.28. The van der Waals surface area contributed by atoms with Crippen molar-refractivity contribution in [1.82, 2.24) is 0 Å². The number of rotatable bonds is 2. The number of aromatic nitrogens is 1. The van der Waals surface area contributed by atoms with Crippen molar-refractivity contribution in [3.63, 3.8) is 0 Å². The van der Waals surface area contributed by atoms with Crippen LogP contribution in [0.2, 0.25) is 0 Å². The molecule has 0 spiro atoms. The first-order valence-corrected chi connectivity index (χ1v) is 8.30. The van der Waals surface area contributed by atoms with Gasteiger partial charge in [0.05, 0.1) is 16.3 Å². The average Bonchev–Trinajstić information content (AvgIpc) is 2.63. The molecule has 3 aromatic carbocycles. The van der Waals surface area contributed by atoms with Gasteiger partial charge in [0, 0.05) is 21.9 Å². The molecule has 0 fully saturated rings. The lowest BCUT2D eigenvalue weighted by molar-refractivity contribution is -0.547. The van der Waals surface area contributed by atoms with Crippen molar-refractivity contribution in [1.29, 1.82) is 5.26 Å². The van der Waals surface area contributed by atoms with Gasteiger partial charge in [0.1, 0.15) is 6.07 Å². The van der Waals surface area contributed by atoms with Gasteiger partial charge in [0.15, 0.2) is 0 Å². The molecule has 0 radical (unpaired) electrons. The van der Waals surface area contributed by atoms with E-state index < -0.39 is 0 Å². The summed E-state index contributed by atoms with van der Waals surface area (Å²) in [4.78, 5) is 2.12. The highest BCUT2D eigenvalue weighted by atomic mass is 32.2. The maximum absolute atomic E-state index is 12.6. The summed E-state index contributed by atoms with van der Waals surface area (Å²) >= 11 is 1.61. The van der Waals surface area contributed by atoms with Gasteiger partial charge in [-0.1, -0.05) is 42.1 Å². The molecule has 4 heteroatoms. The van der Waals surface area contributed by atoms with Crippen LogP contribution in [0.15, 0.2) is 82.6 Å². The van der Waals surface area contributed by atoms with E-state index in [-0.39, 0.29) is 0 Å². The number of hydrogen-bond donors (Lipinski definition) is 0. The zero-order valence-corrected chi connectivity index (χ0v) is 13.5. The van der Waals surface area contributed by atoms with E-state index in [1.54, 1.807) is 23.9 Å². The Morgan fingerprint density at radius 2 is 1.50 bits per heavy atom. The van der Waals surface area contributed by atoms with Crippen LogP contribution >= 0.6 is 11.8 Å². The molecule has 0 unspecified atom stereocenters. The summed E-state index contributed by atoms with van der Waals surface area (Å²) in [7, 11) is 0. The highest BCUT2D eigenvalue weighted by Gasteiger charge is 2.17. The first kappa shape index (κ1) is 14.6. The number of nitrogens with zero attached hydrogens (tertiary/aromatic N) is 2. The fourth-order valence-corrected chi connectivity index (χ4v) is 3.72. The second-order valence-corrected chi connectivity index (χ2v) is 6.54. The number of pyridine rings is 1. The van der Waals surface area contributed by atoms with Crippen LogP contribution in [0.1, 0.15) is 5.56 Å². The Balaban J connectivity index is 1.96. The van der Waals surface area contributed by atoms with Gasteiger partial charge in [0.2, 0.25) is 11.0 Å². The molecule has 1 heterocycles. The topological polar surface area (TPSA) is 50.7 Å². The summed E-state index contributed by atoms with van der Waals surface area (Å²) in [6.07, 6.45) is 0. The van der Waals surface area contributed by atoms with E-state index in [2.05, 4.69) is 6.07 Å². The largest absolute Gasteiger partial charge is 0.618 e. The van der Waals surface area contributed by atoms with Crippen molar-refractivity contribution in [2.24, 2.45) is 0 Å². The van der Waals surface area contributed by atoms with E-state index in [0.29, 0.717) is 27.4 Å². The molecule has 0 saturated heterocycles. The molecule has 0 aliphatic heterocycles. The Labute approximate surface area is 143 Å². The van der Waals surface area contributed by atoms with Crippen LogP contribution < -0.4 is 4.73 Å². The predicted octanol–water partition coefficient (Wildman–Crippen LogP) is 4.65. The van der Waals surface area contributed by atoms with Crippen molar-refractivity contribution >= 4 is 33.6 Å². The van der Waals surface area contributed by atoms with Crippen LogP contribution in [0.5, 0.6) is 0 Å². The molecule has 0 saturated carbocycles. The number of fused-ring (bicyclic) bond motifs is 2. The molecular formula is C20H12N2OS. The third kappa shape index (κ3) is 2.36. The summed E-state index contributed by atoms with van der Waals surface area (Å²) < 4.78 is 0.905. The minimum Gasteiger partial charge on any atom is -0.618 e. The summed E-state index contributed by atoms with van der Waals surface area (Å²) in [5.41, 5.74) is 1.58. The number of nitriles is 1. The summed E-state index contributed by atoms with van der Waals surface area (Å²) in [5, 5.41) is 23.6. The first-order valence-electron chi connectivity index (χ1n) is 7.49. The second kappa shape index (κ2) is 5.88. The van der Waals surface area contributed by atoms with E-state index in [1.807, 2.05) is 60.7 Å². The van der Waals surface area contributed by atoms with E-state index in [1.165, 1.54) is 0 Å². The Bertz CT molecular complexity index is 1100. The predicted molar refractivity (Wildman–Crippen MR) is 95.7 cm³/mol. The molecule has 0 atom stereocenters. The second-order valence-electron chi connectivity index (χ2n) is 5.39. The number of hydrogen-bond acceptors (Lipinski definition) is 3. The SMILES string of the molecule is N#Cc1c2ccccc2[n+]([O-])c2ccc(Sc3ccccc3)cc12. The van der Waals surface area contributed by atoms with Gasteiger partial charge in [-0.05, 0) is 30.3 Å². The minimum absolute atomic E-state index is 0.516. The zero-order valence-electron chi connectivity index (χ0n) is 12.6. The van der Waals surface area contributed by atoms with Gasteiger partial charge >= 0.3 is 0 Å². The molecule has 0 bridgehead atoms. The van der Waals surface area contributed by atoms with Crippen molar-refractivity contribution in [3.8, 4) is 6.07 Å². The lowest BCUT2D eigenvalue weighted by atomic mass is 10.0. The highest BCUT2D eigenvalue weighted by Crippen LogP contribution is 2.32. The van der Waals surface area contributed by atoms with Crippen LogP contribution in [-0.2, 0) is 0 Å². The molecule has 1 aromatic heterocycles. The van der Waals surface area contributed by atoms with Gasteiger partial charge in [0.25, 0.3) is 0 Å². The third-order valence-corrected chi connectivity index (χ3v) is 4.94. The quantitative estimate of drug-likeness (QED) is 0.306. The highest BCUT2D eigenvalue weighted by molar-refractivity contribution is 7.99. The Kier molecular flexibility index (Phi) is 3.56. The third-order valence-electron chi connectivity index (χ3n) is 3.94. The Morgan fingerprint density at radius 1 is 0.792 bits per heavy atom. The molecule has 0 aliphatic rings. The lowest BCUT2D eigenvalue weighted by Gasteiger charge is -2.09. The molecule has 0 N–H and O–H groups in total. The fourth-order valence-electron chi connectivity index (χ4n) is 2.84. The summed E-state index contributed by atoms with van der Waals surface area (Å²) in [5.74, 6) is 0. The van der Waals surface area contributed by atoms with Crippen LogP contribution in [0, 0.1) is 16.5 Å². The Morgan fingerprint density at radius 3 is 2.29 bits per heavy atom. The van der Waals surface area contributed by atoms with E-state index >= 15 is 0 Å². The smallest absolute Gasteiger partial charge is 0.225 e. The molecule has 114 valence electrons.